The number of ether oxygens (including phenoxy) is 5. The number of aromatic amines is 1. The highest BCUT2D eigenvalue weighted by Crippen LogP contribution is 2.37. The number of H-pyrrole nitrogens is 1. The minimum absolute atomic E-state index is 0.107. The molecule has 2 N–H and O–H groups in total. The minimum atomic E-state index is -0.602. The van der Waals surface area contributed by atoms with E-state index in [1.807, 2.05) is 0 Å². The van der Waals surface area contributed by atoms with Crippen molar-refractivity contribution >= 4 is 28.5 Å². The van der Waals surface area contributed by atoms with Crippen molar-refractivity contribution in [3.8, 4) is 23.0 Å². The molecule has 0 aliphatic heterocycles. The van der Waals surface area contributed by atoms with Gasteiger partial charge >= 0.3 is 5.97 Å². The van der Waals surface area contributed by atoms with E-state index < -0.39 is 11.9 Å². The molecule has 2 aromatic carbocycles. The number of hydrogen-bond donors (Lipinski definition) is 2. The summed E-state index contributed by atoms with van der Waals surface area (Å²) in [5.74, 6) is 0.777. The molecule has 3 rings (SSSR count). The lowest BCUT2D eigenvalue weighted by Crippen LogP contribution is -2.15. The minimum Gasteiger partial charge on any atom is -0.497 e. The van der Waals surface area contributed by atoms with Gasteiger partial charge in [-0.15, -0.1) is 0 Å². The SMILES string of the molecule is CCOC(=O)c1[nH]c2cc(OC)c(OC)cc2c1NC(=O)c1cc(OC)cc(OC)c1. The third kappa shape index (κ3) is 4.35. The summed E-state index contributed by atoms with van der Waals surface area (Å²) in [5, 5.41) is 3.36. The zero-order valence-corrected chi connectivity index (χ0v) is 18.0. The zero-order valence-electron chi connectivity index (χ0n) is 18.0. The largest absolute Gasteiger partial charge is 0.497 e. The standard InChI is InChI=1S/C22H24N2O7/c1-6-31-22(26)20-19(15-10-17(29-4)18(30-5)11-16(15)23-20)24-21(25)12-7-13(27-2)9-14(8-12)28-3/h7-11,23H,6H2,1-5H3,(H,24,25). The fraction of sp³-hybridized carbons (Fsp3) is 0.273. The van der Waals surface area contributed by atoms with Crippen molar-refractivity contribution in [2.75, 3.05) is 40.4 Å². The number of aromatic nitrogens is 1. The van der Waals surface area contributed by atoms with E-state index in [2.05, 4.69) is 10.3 Å². The molecular formula is C22H24N2O7. The molecule has 1 aromatic heterocycles. The van der Waals surface area contributed by atoms with Crippen molar-refractivity contribution in [2.45, 2.75) is 6.92 Å². The highest BCUT2D eigenvalue weighted by Gasteiger charge is 2.23. The number of esters is 1. The second-order valence-electron chi connectivity index (χ2n) is 6.40. The highest BCUT2D eigenvalue weighted by molar-refractivity contribution is 6.15. The van der Waals surface area contributed by atoms with Gasteiger partial charge < -0.3 is 34.0 Å². The van der Waals surface area contributed by atoms with E-state index in [4.69, 9.17) is 23.7 Å². The van der Waals surface area contributed by atoms with Gasteiger partial charge in [0.05, 0.1) is 46.3 Å². The molecular weight excluding hydrogens is 404 g/mol. The Morgan fingerprint density at radius 3 is 2.03 bits per heavy atom. The van der Waals surface area contributed by atoms with E-state index in [-0.39, 0.29) is 18.0 Å². The summed E-state index contributed by atoms with van der Waals surface area (Å²) in [4.78, 5) is 28.6. The van der Waals surface area contributed by atoms with Gasteiger partial charge in [-0.3, -0.25) is 4.79 Å². The molecule has 0 spiro atoms. The summed E-state index contributed by atoms with van der Waals surface area (Å²) >= 11 is 0. The summed E-state index contributed by atoms with van der Waals surface area (Å²) in [6.07, 6.45) is 0. The average molecular weight is 428 g/mol. The maximum atomic E-state index is 13.1. The number of rotatable bonds is 8. The Bertz CT molecular complexity index is 1100. The number of amides is 1. The second-order valence-corrected chi connectivity index (χ2v) is 6.40. The van der Waals surface area contributed by atoms with Crippen LogP contribution in [-0.2, 0) is 4.74 Å². The monoisotopic (exact) mass is 428 g/mol. The summed E-state index contributed by atoms with van der Waals surface area (Å²) in [6, 6.07) is 8.15. The summed E-state index contributed by atoms with van der Waals surface area (Å²) in [7, 11) is 6.00. The van der Waals surface area contributed by atoms with Gasteiger partial charge in [0.25, 0.3) is 5.91 Å². The molecule has 1 amide bonds. The lowest BCUT2D eigenvalue weighted by Gasteiger charge is -2.11. The van der Waals surface area contributed by atoms with Gasteiger partial charge in [-0.2, -0.15) is 0 Å². The number of fused-ring (bicyclic) bond motifs is 1. The normalized spacial score (nSPS) is 10.5. The van der Waals surface area contributed by atoms with Gasteiger partial charge in [0.2, 0.25) is 0 Å². The summed E-state index contributed by atoms with van der Waals surface area (Å²) in [5.41, 5.74) is 1.23. The van der Waals surface area contributed by atoms with E-state index in [0.717, 1.165) is 0 Å². The van der Waals surface area contributed by atoms with Gasteiger partial charge in [-0.05, 0) is 25.1 Å². The van der Waals surface area contributed by atoms with Gasteiger partial charge in [-0.25, -0.2) is 4.79 Å². The first-order valence-electron chi connectivity index (χ1n) is 9.44. The Kier molecular flexibility index (Phi) is 6.54. The quantitative estimate of drug-likeness (QED) is 0.528. The fourth-order valence-electron chi connectivity index (χ4n) is 3.13. The molecule has 0 bridgehead atoms. The topological polar surface area (TPSA) is 108 Å². The van der Waals surface area contributed by atoms with E-state index >= 15 is 0 Å². The molecule has 0 saturated carbocycles. The predicted octanol–water partition coefficient (Wildman–Crippen LogP) is 3.63. The van der Waals surface area contributed by atoms with Crippen LogP contribution in [0.25, 0.3) is 10.9 Å². The molecule has 0 saturated heterocycles. The molecule has 9 heteroatoms. The molecule has 0 atom stereocenters. The molecule has 164 valence electrons. The molecule has 0 radical (unpaired) electrons. The zero-order chi connectivity index (χ0) is 22.5. The lowest BCUT2D eigenvalue weighted by atomic mass is 10.1. The van der Waals surface area contributed by atoms with Gasteiger partial charge in [-0.1, -0.05) is 0 Å². The highest BCUT2D eigenvalue weighted by atomic mass is 16.5. The van der Waals surface area contributed by atoms with Crippen molar-refractivity contribution in [1.29, 1.82) is 0 Å². The maximum Gasteiger partial charge on any atom is 0.356 e. The predicted molar refractivity (Wildman–Crippen MR) is 115 cm³/mol. The van der Waals surface area contributed by atoms with Crippen LogP contribution in [0.15, 0.2) is 30.3 Å². The Labute approximate surface area is 179 Å². The number of benzene rings is 2. The van der Waals surface area contributed by atoms with E-state index in [1.54, 1.807) is 37.3 Å². The molecule has 0 fully saturated rings. The lowest BCUT2D eigenvalue weighted by molar-refractivity contribution is 0.0522. The third-order valence-electron chi connectivity index (χ3n) is 4.63. The summed E-state index contributed by atoms with van der Waals surface area (Å²) < 4.78 is 26.3. The first kappa shape index (κ1) is 21.8. The number of nitrogens with one attached hydrogen (secondary N) is 2. The molecule has 9 nitrogen and oxygen atoms in total. The Morgan fingerprint density at radius 2 is 1.48 bits per heavy atom. The number of carbonyl (C=O) groups excluding carboxylic acids is 2. The van der Waals surface area contributed by atoms with Crippen LogP contribution in [-0.4, -0.2) is 51.9 Å². The van der Waals surface area contributed by atoms with Crippen LogP contribution in [0, 0.1) is 0 Å². The van der Waals surface area contributed by atoms with Crippen molar-refractivity contribution in [1.82, 2.24) is 4.98 Å². The molecule has 0 aliphatic carbocycles. The van der Waals surface area contributed by atoms with Crippen LogP contribution in [0.4, 0.5) is 5.69 Å². The van der Waals surface area contributed by atoms with E-state index in [1.165, 1.54) is 28.4 Å². The number of anilines is 1. The van der Waals surface area contributed by atoms with Crippen molar-refractivity contribution in [2.24, 2.45) is 0 Å². The van der Waals surface area contributed by atoms with Crippen LogP contribution < -0.4 is 24.3 Å². The van der Waals surface area contributed by atoms with Gasteiger partial charge in [0.15, 0.2) is 11.5 Å². The Balaban J connectivity index is 2.12. The van der Waals surface area contributed by atoms with Gasteiger partial charge in [0, 0.05) is 23.1 Å². The van der Waals surface area contributed by atoms with Gasteiger partial charge in [0.1, 0.15) is 17.2 Å². The molecule has 31 heavy (non-hydrogen) atoms. The number of methoxy groups -OCH3 is 4. The van der Waals surface area contributed by atoms with Crippen LogP contribution >= 0.6 is 0 Å². The number of hydrogen-bond acceptors (Lipinski definition) is 7. The Morgan fingerprint density at radius 1 is 0.871 bits per heavy atom. The van der Waals surface area contributed by atoms with Crippen LogP contribution in [0.5, 0.6) is 23.0 Å². The number of carbonyl (C=O) groups is 2. The van der Waals surface area contributed by atoms with E-state index in [0.29, 0.717) is 39.5 Å². The molecule has 1 heterocycles. The maximum absolute atomic E-state index is 13.1. The molecule has 0 aliphatic rings. The fourth-order valence-corrected chi connectivity index (χ4v) is 3.13. The third-order valence-corrected chi connectivity index (χ3v) is 4.63. The average Bonchev–Trinajstić information content (AvgIpc) is 3.14. The van der Waals surface area contributed by atoms with Crippen molar-refractivity contribution in [3.63, 3.8) is 0 Å². The first-order valence-corrected chi connectivity index (χ1v) is 9.44. The van der Waals surface area contributed by atoms with Crippen LogP contribution in [0.3, 0.4) is 0 Å². The van der Waals surface area contributed by atoms with E-state index in [9.17, 15) is 9.59 Å². The van der Waals surface area contributed by atoms with Crippen molar-refractivity contribution in [3.05, 3.63) is 41.6 Å². The molecule has 0 unspecified atom stereocenters. The molecule has 3 aromatic rings. The summed E-state index contributed by atoms with van der Waals surface area (Å²) in [6.45, 7) is 1.88. The smallest absolute Gasteiger partial charge is 0.356 e. The second kappa shape index (κ2) is 9.29. The van der Waals surface area contributed by atoms with Crippen molar-refractivity contribution < 1.29 is 33.3 Å². The van der Waals surface area contributed by atoms with Crippen LogP contribution in [0.2, 0.25) is 0 Å². The Hall–Kier alpha value is -3.88. The first-order chi connectivity index (χ1) is 14.9. The van der Waals surface area contributed by atoms with Crippen LogP contribution in [0.1, 0.15) is 27.8 Å².